The third kappa shape index (κ3) is 6.40. The predicted octanol–water partition coefficient (Wildman–Crippen LogP) is 3.79. The van der Waals surface area contributed by atoms with E-state index in [1.165, 1.54) is 0 Å². The fourth-order valence-electron chi connectivity index (χ4n) is 3.01. The molecule has 0 spiro atoms. The van der Waals surface area contributed by atoms with Crippen LogP contribution in [-0.4, -0.2) is 22.9 Å². The largest absolute Gasteiger partial charge is 0.481 e. The highest BCUT2D eigenvalue weighted by Gasteiger charge is 2.21. The SMILES string of the molecule is O=C(O)CC(NC(=O)/C(=C/c1ccccc1)NC(=O)c1ccccc1)c1ccccc1. The van der Waals surface area contributed by atoms with Crippen LogP contribution in [-0.2, 0) is 9.59 Å². The Morgan fingerprint density at radius 1 is 0.806 bits per heavy atom. The summed E-state index contributed by atoms with van der Waals surface area (Å²) in [5.74, 6) is -2.06. The molecule has 0 bridgehead atoms. The van der Waals surface area contributed by atoms with Gasteiger partial charge in [0.05, 0.1) is 12.5 Å². The molecule has 0 aliphatic carbocycles. The lowest BCUT2D eigenvalue weighted by atomic mass is 10.0. The molecule has 156 valence electrons. The number of hydrogen-bond donors (Lipinski definition) is 3. The number of aliphatic carboxylic acids is 1. The molecule has 1 unspecified atom stereocenters. The maximum absolute atomic E-state index is 13.1. The van der Waals surface area contributed by atoms with E-state index in [1.54, 1.807) is 72.8 Å². The third-order valence-electron chi connectivity index (χ3n) is 4.53. The van der Waals surface area contributed by atoms with Crippen molar-refractivity contribution in [2.24, 2.45) is 0 Å². The minimum atomic E-state index is -1.05. The number of carboxylic acids is 1. The molecule has 0 aliphatic heterocycles. The highest BCUT2D eigenvalue weighted by molar-refractivity contribution is 6.05. The van der Waals surface area contributed by atoms with Crippen molar-refractivity contribution in [3.05, 3.63) is 113 Å². The summed E-state index contributed by atoms with van der Waals surface area (Å²) in [4.78, 5) is 37.1. The summed E-state index contributed by atoms with van der Waals surface area (Å²) in [6, 6.07) is 25.7. The number of amides is 2. The van der Waals surface area contributed by atoms with Crippen molar-refractivity contribution >= 4 is 23.9 Å². The summed E-state index contributed by atoms with van der Waals surface area (Å²) in [5.41, 5.74) is 1.80. The molecule has 2 amide bonds. The molecule has 0 aliphatic rings. The van der Waals surface area contributed by atoms with E-state index in [9.17, 15) is 19.5 Å². The smallest absolute Gasteiger partial charge is 0.305 e. The molecule has 1 atom stereocenters. The molecule has 0 aromatic heterocycles. The van der Waals surface area contributed by atoms with Crippen LogP contribution in [0.25, 0.3) is 6.08 Å². The molecule has 0 saturated heterocycles. The Labute approximate surface area is 180 Å². The third-order valence-corrected chi connectivity index (χ3v) is 4.53. The molecule has 3 rings (SSSR count). The number of rotatable bonds is 8. The first-order chi connectivity index (χ1) is 15.0. The average molecular weight is 414 g/mol. The van der Waals surface area contributed by atoms with Crippen LogP contribution < -0.4 is 10.6 Å². The quantitative estimate of drug-likeness (QED) is 0.489. The van der Waals surface area contributed by atoms with E-state index in [0.29, 0.717) is 11.1 Å². The summed E-state index contributed by atoms with van der Waals surface area (Å²) in [5, 5.41) is 14.7. The molecular formula is C25H22N2O4. The van der Waals surface area contributed by atoms with Crippen molar-refractivity contribution in [3.8, 4) is 0 Å². The Morgan fingerprint density at radius 3 is 1.94 bits per heavy atom. The Kier molecular flexibility index (Phi) is 7.32. The van der Waals surface area contributed by atoms with E-state index < -0.39 is 23.8 Å². The van der Waals surface area contributed by atoms with Crippen LogP contribution in [0.4, 0.5) is 0 Å². The van der Waals surface area contributed by atoms with Crippen LogP contribution in [0.1, 0.15) is 33.9 Å². The number of carboxylic acid groups (broad SMARTS) is 1. The molecular weight excluding hydrogens is 392 g/mol. The van der Waals surface area contributed by atoms with Gasteiger partial charge in [-0.3, -0.25) is 14.4 Å². The first-order valence-corrected chi connectivity index (χ1v) is 9.73. The van der Waals surface area contributed by atoms with Gasteiger partial charge in [0.2, 0.25) is 0 Å². The first kappa shape index (κ1) is 21.5. The zero-order valence-electron chi connectivity index (χ0n) is 16.7. The van der Waals surface area contributed by atoms with Gasteiger partial charge in [0.1, 0.15) is 5.70 Å². The van der Waals surface area contributed by atoms with E-state index in [1.807, 2.05) is 24.3 Å². The maximum Gasteiger partial charge on any atom is 0.305 e. The minimum Gasteiger partial charge on any atom is -0.481 e. The van der Waals surface area contributed by atoms with Crippen LogP contribution in [0.3, 0.4) is 0 Å². The lowest BCUT2D eigenvalue weighted by Gasteiger charge is -2.19. The summed E-state index contributed by atoms with van der Waals surface area (Å²) in [6.45, 7) is 0. The van der Waals surface area contributed by atoms with Crippen LogP contribution in [0.2, 0.25) is 0 Å². The molecule has 3 aromatic carbocycles. The van der Waals surface area contributed by atoms with E-state index in [4.69, 9.17) is 0 Å². The van der Waals surface area contributed by atoms with Crippen molar-refractivity contribution in [1.29, 1.82) is 0 Å². The molecule has 3 aromatic rings. The van der Waals surface area contributed by atoms with Gasteiger partial charge in [-0.05, 0) is 29.3 Å². The van der Waals surface area contributed by atoms with Gasteiger partial charge in [0, 0.05) is 5.56 Å². The van der Waals surface area contributed by atoms with E-state index in [2.05, 4.69) is 10.6 Å². The van der Waals surface area contributed by atoms with E-state index in [0.717, 1.165) is 5.56 Å². The van der Waals surface area contributed by atoms with Crippen molar-refractivity contribution in [1.82, 2.24) is 10.6 Å². The highest BCUT2D eigenvalue weighted by Crippen LogP contribution is 2.18. The number of hydrogen-bond acceptors (Lipinski definition) is 3. The first-order valence-electron chi connectivity index (χ1n) is 9.73. The van der Waals surface area contributed by atoms with Crippen LogP contribution in [0.15, 0.2) is 96.7 Å². The van der Waals surface area contributed by atoms with Gasteiger partial charge in [-0.25, -0.2) is 0 Å². The van der Waals surface area contributed by atoms with Crippen molar-refractivity contribution in [3.63, 3.8) is 0 Å². The Morgan fingerprint density at radius 2 is 1.35 bits per heavy atom. The Balaban J connectivity index is 1.88. The highest BCUT2D eigenvalue weighted by atomic mass is 16.4. The molecule has 6 heteroatoms. The molecule has 6 nitrogen and oxygen atoms in total. The number of benzene rings is 3. The van der Waals surface area contributed by atoms with Gasteiger partial charge in [-0.2, -0.15) is 0 Å². The topological polar surface area (TPSA) is 95.5 Å². The fraction of sp³-hybridized carbons (Fsp3) is 0.0800. The molecule has 0 radical (unpaired) electrons. The van der Waals surface area contributed by atoms with Crippen LogP contribution in [0.5, 0.6) is 0 Å². The number of carbonyl (C=O) groups is 3. The van der Waals surface area contributed by atoms with Gasteiger partial charge in [-0.1, -0.05) is 78.9 Å². The molecule has 0 fully saturated rings. The van der Waals surface area contributed by atoms with Crippen LogP contribution >= 0.6 is 0 Å². The molecule has 0 heterocycles. The van der Waals surface area contributed by atoms with Gasteiger partial charge >= 0.3 is 5.97 Å². The Hall–Kier alpha value is -4.19. The summed E-state index contributed by atoms with van der Waals surface area (Å²) >= 11 is 0. The second-order valence-electron chi connectivity index (χ2n) is 6.82. The second-order valence-corrected chi connectivity index (χ2v) is 6.82. The lowest BCUT2D eigenvalue weighted by Crippen LogP contribution is -2.37. The standard InChI is InChI=1S/C25H22N2O4/c28-23(29)17-21(19-12-6-2-7-13-19)26-25(31)22(16-18-10-4-1-5-11-18)27-24(30)20-14-8-3-9-15-20/h1-16,21H,17H2,(H,26,31)(H,27,30)(H,28,29)/b22-16-. The monoisotopic (exact) mass is 414 g/mol. The van der Waals surface area contributed by atoms with Crippen molar-refractivity contribution < 1.29 is 19.5 Å². The van der Waals surface area contributed by atoms with Gasteiger partial charge < -0.3 is 15.7 Å². The summed E-state index contributed by atoms with van der Waals surface area (Å²) in [7, 11) is 0. The number of nitrogens with one attached hydrogen (secondary N) is 2. The van der Waals surface area contributed by atoms with Crippen molar-refractivity contribution in [2.75, 3.05) is 0 Å². The predicted molar refractivity (Wildman–Crippen MR) is 118 cm³/mol. The minimum absolute atomic E-state index is 0.0198. The summed E-state index contributed by atoms with van der Waals surface area (Å²) < 4.78 is 0. The van der Waals surface area contributed by atoms with Gasteiger partial charge in [0.15, 0.2) is 0 Å². The van der Waals surface area contributed by atoms with Gasteiger partial charge in [0.25, 0.3) is 11.8 Å². The normalized spacial score (nSPS) is 11.9. The molecule has 0 saturated carbocycles. The van der Waals surface area contributed by atoms with E-state index >= 15 is 0 Å². The van der Waals surface area contributed by atoms with E-state index in [-0.39, 0.29) is 12.1 Å². The van der Waals surface area contributed by atoms with Crippen molar-refractivity contribution in [2.45, 2.75) is 12.5 Å². The lowest BCUT2D eigenvalue weighted by molar-refractivity contribution is -0.137. The maximum atomic E-state index is 13.1. The average Bonchev–Trinajstić information content (AvgIpc) is 2.79. The zero-order chi connectivity index (χ0) is 22.1. The van der Waals surface area contributed by atoms with Crippen LogP contribution in [0, 0.1) is 0 Å². The number of carbonyl (C=O) groups excluding carboxylic acids is 2. The molecule has 3 N–H and O–H groups in total. The Bertz CT molecular complexity index is 1060. The van der Waals surface area contributed by atoms with Gasteiger partial charge in [-0.15, -0.1) is 0 Å². The zero-order valence-corrected chi connectivity index (χ0v) is 16.7. The summed E-state index contributed by atoms with van der Waals surface area (Å²) in [6.07, 6.45) is 1.26. The fourth-order valence-corrected chi connectivity index (χ4v) is 3.01. The second kappa shape index (κ2) is 10.5. The molecule has 31 heavy (non-hydrogen) atoms.